The topological polar surface area (TPSA) is 79.6 Å². The third-order valence-electron chi connectivity index (χ3n) is 4.89. The molecule has 0 aliphatic carbocycles. The fourth-order valence-electron chi connectivity index (χ4n) is 3.22. The number of carbonyl (C=O) groups is 1. The van der Waals surface area contributed by atoms with E-state index in [1.807, 2.05) is 43.3 Å². The number of amides is 2. The molecule has 0 bridgehead atoms. The Kier molecular flexibility index (Phi) is 7.61. The number of nitrogens with zero attached hydrogens (tertiary/aromatic N) is 2. The van der Waals surface area contributed by atoms with Crippen molar-refractivity contribution in [2.75, 3.05) is 34.3 Å². The van der Waals surface area contributed by atoms with Crippen LogP contribution in [0.2, 0.25) is 0 Å². The second kappa shape index (κ2) is 10.6. The lowest BCUT2D eigenvalue weighted by Crippen LogP contribution is -2.41. The molecular formula is C23H27FN4O3. The third kappa shape index (κ3) is 6.05. The van der Waals surface area contributed by atoms with Gasteiger partial charge in [0, 0.05) is 30.6 Å². The molecule has 31 heavy (non-hydrogen) atoms. The zero-order chi connectivity index (χ0) is 22.2. The zero-order valence-corrected chi connectivity index (χ0v) is 17.9. The highest BCUT2D eigenvalue weighted by molar-refractivity contribution is 5.73. The predicted octanol–water partition coefficient (Wildman–Crippen LogP) is 3.63. The van der Waals surface area contributed by atoms with Crippen LogP contribution in [0.5, 0.6) is 5.75 Å². The van der Waals surface area contributed by atoms with Crippen LogP contribution in [0.1, 0.15) is 17.3 Å². The molecule has 8 heteroatoms. The van der Waals surface area contributed by atoms with E-state index in [9.17, 15) is 9.18 Å². The minimum atomic E-state index is -0.312. The van der Waals surface area contributed by atoms with Gasteiger partial charge in [0.15, 0.2) is 0 Å². The number of rotatable bonds is 9. The number of aromatic nitrogens is 1. The number of oxazole rings is 1. The first-order valence-electron chi connectivity index (χ1n) is 9.99. The lowest BCUT2D eigenvalue weighted by Gasteiger charge is -2.26. The average Bonchev–Trinajstić information content (AvgIpc) is 3.23. The molecular weight excluding hydrogens is 399 g/mol. The molecule has 1 heterocycles. The van der Waals surface area contributed by atoms with Crippen LogP contribution in [0.4, 0.5) is 9.18 Å². The van der Waals surface area contributed by atoms with Crippen LogP contribution >= 0.6 is 0 Å². The first-order chi connectivity index (χ1) is 15.0. The van der Waals surface area contributed by atoms with Crippen LogP contribution in [0, 0.1) is 5.82 Å². The van der Waals surface area contributed by atoms with Crippen molar-refractivity contribution in [2.24, 2.45) is 0 Å². The van der Waals surface area contributed by atoms with Crippen LogP contribution in [0.25, 0.3) is 11.5 Å². The summed E-state index contributed by atoms with van der Waals surface area (Å²) >= 11 is 0. The molecule has 2 amide bonds. The van der Waals surface area contributed by atoms with Crippen molar-refractivity contribution in [1.82, 2.24) is 20.5 Å². The highest BCUT2D eigenvalue weighted by atomic mass is 19.1. The Morgan fingerprint density at radius 2 is 1.90 bits per heavy atom. The Hall–Kier alpha value is -3.39. The maximum Gasteiger partial charge on any atom is 0.314 e. The molecule has 3 rings (SSSR count). The lowest BCUT2D eigenvalue weighted by atomic mass is 10.0. The number of benzene rings is 2. The quantitative estimate of drug-likeness (QED) is 0.546. The van der Waals surface area contributed by atoms with E-state index in [1.165, 1.54) is 12.1 Å². The van der Waals surface area contributed by atoms with Gasteiger partial charge < -0.3 is 24.7 Å². The summed E-state index contributed by atoms with van der Waals surface area (Å²) in [7, 11) is 5.55. The van der Waals surface area contributed by atoms with E-state index in [0.717, 1.165) is 11.3 Å². The lowest BCUT2D eigenvalue weighted by molar-refractivity contribution is 0.232. The largest absolute Gasteiger partial charge is 0.496 e. The van der Waals surface area contributed by atoms with E-state index in [0.29, 0.717) is 36.7 Å². The van der Waals surface area contributed by atoms with Crippen molar-refractivity contribution in [1.29, 1.82) is 0 Å². The second-order valence-electron chi connectivity index (χ2n) is 7.26. The van der Waals surface area contributed by atoms with E-state index in [4.69, 9.17) is 9.15 Å². The van der Waals surface area contributed by atoms with Gasteiger partial charge in [-0.1, -0.05) is 18.2 Å². The van der Waals surface area contributed by atoms with Crippen molar-refractivity contribution >= 4 is 6.03 Å². The van der Waals surface area contributed by atoms with E-state index in [-0.39, 0.29) is 17.9 Å². The first kappa shape index (κ1) is 22.3. The van der Waals surface area contributed by atoms with Crippen LogP contribution < -0.4 is 15.4 Å². The number of urea groups is 1. The van der Waals surface area contributed by atoms with Crippen LogP contribution in [-0.4, -0.2) is 50.2 Å². The smallest absolute Gasteiger partial charge is 0.314 e. The highest BCUT2D eigenvalue weighted by Gasteiger charge is 2.19. The van der Waals surface area contributed by atoms with Crippen molar-refractivity contribution in [3.8, 4) is 17.2 Å². The number of hydrogen-bond acceptors (Lipinski definition) is 5. The van der Waals surface area contributed by atoms with E-state index < -0.39 is 0 Å². The number of ether oxygens (including phenoxy) is 1. The number of hydrogen-bond donors (Lipinski definition) is 2. The van der Waals surface area contributed by atoms with Crippen molar-refractivity contribution in [3.63, 3.8) is 0 Å². The zero-order valence-electron chi connectivity index (χ0n) is 17.9. The number of likely N-dealkylation sites (N-methyl/N-ethyl adjacent to an activating group) is 1. The average molecular weight is 426 g/mol. The highest BCUT2D eigenvalue weighted by Crippen LogP contribution is 2.27. The number of para-hydroxylation sites is 1. The normalized spacial score (nSPS) is 11.9. The Labute approximate surface area is 181 Å². The Bertz CT molecular complexity index is 988. The molecule has 0 saturated carbocycles. The maximum absolute atomic E-state index is 13.0. The number of halogens is 1. The number of carbonyl (C=O) groups excluding carboxylic acids is 1. The summed E-state index contributed by atoms with van der Waals surface area (Å²) in [5.74, 6) is 0.893. The fourth-order valence-corrected chi connectivity index (χ4v) is 3.22. The van der Waals surface area contributed by atoms with Crippen LogP contribution in [0.15, 0.2) is 59.2 Å². The molecule has 0 fully saturated rings. The molecule has 1 aromatic heterocycles. The molecule has 0 aliphatic heterocycles. The molecule has 2 N–H and O–H groups in total. The molecule has 0 spiro atoms. The minimum Gasteiger partial charge on any atom is -0.496 e. The van der Waals surface area contributed by atoms with Gasteiger partial charge in [0.2, 0.25) is 5.89 Å². The fraction of sp³-hybridized carbons (Fsp3) is 0.304. The summed E-state index contributed by atoms with van der Waals surface area (Å²) in [5, 5.41) is 5.74. The SMILES string of the molecule is COc1ccccc1C(CNC(=O)NCCc1coc(-c2ccc(F)cc2)n1)N(C)C. The summed E-state index contributed by atoms with van der Waals surface area (Å²) in [6, 6.07) is 13.4. The van der Waals surface area contributed by atoms with E-state index in [2.05, 4.69) is 15.6 Å². The monoisotopic (exact) mass is 426 g/mol. The first-order valence-corrected chi connectivity index (χ1v) is 9.99. The van der Waals surface area contributed by atoms with Gasteiger partial charge in [-0.15, -0.1) is 0 Å². The molecule has 3 aromatic rings. The second-order valence-corrected chi connectivity index (χ2v) is 7.26. The van der Waals surface area contributed by atoms with E-state index >= 15 is 0 Å². The van der Waals surface area contributed by atoms with Gasteiger partial charge in [-0.25, -0.2) is 14.2 Å². The third-order valence-corrected chi connectivity index (χ3v) is 4.89. The van der Waals surface area contributed by atoms with Gasteiger partial charge >= 0.3 is 6.03 Å². The Morgan fingerprint density at radius 3 is 2.61 bits per heavy atom. The standard InChI is InChI=1S/C23H27FN4O3/c1-28(2)20(19-6-4-5-7-21(19)30-3)14-26-23(29)25-13-12-18-15-31-22(27-18)16-8-10-17(24)11-9-16/h4-11,15,20H,12-14H2,1-3H3,(H2,25,26,29). The minimum absolute atomic E-state index is 0.0318. The predicted molar refractivity (Wildman–Crippen MR) is 116 cm³/mol. The van der Waals surface area contributed by atoms with Crippen LogP contribution in [-0.2, 0) is 6.42 Å². The van der Waals surface area contributed by atoms with E-state index in [1.54, 1.807) is 25.5 Å². The summed E-state index contributed by atoms with van der Waals surface area (Å²) in [6.07, 6.45) is 2.06. The maximum atomic E-state index is 13.0. The summed E-state index contributed by atoms with van der Waals surface area (Å²) in [6.45, 7) is 0.834. The van der Waals surface area contributed by atoms with Crippen molar-refractivity contribution in [2.45, 2.75) is 12.5 Å². The van der Waals surface area contributed by atoms with Gasteiger partial charge in [0.05, 0.1) is 18.8 Å². The molecule has 1 atom stereocenters. The molecule has 164 valence electrons. The number of methoxy groups -OCH3 is 1. The molecule has 7 nitrogen and oxygen atoms in total. The van der Waals surface area contributed by atoms with Gasteiger partial charge in [-0.3, -0.25) is 0 Å². The number of nitrogens with one attached hydrogen (secondary N) is 2. The van der Waals surface area contributed by atoms with Crippen LogP contribution in [0.3, 0.4) is 0 Å². The van der Waals surface area contributed by atoms with Gasteiger partial charge in [-0.05, 0) is 44.4 Å². The summed E-state index contributed by atoms with van der Waals surface area (Å²) in [5.41, 5.74) is 2.41. The molecule has 1 unspecified atom stereocenters. The summed E-state index contributed by atoms with van der Waals surface area (Å²) < 4.78 is 23.9. The van der Waals surface area contributed by atoms with Gasteiger partial charge in [0.25, 0.3) is 0 Å². The molecule has 0 aliphatic rings. The van der Waals surface area contributed by atoms with Crippen molar-refractivity contribution < 1.29 is 18.3 Å². The van der Waals surface area contributed by atoms with Gasteiger partial charge in [-0.2, -0.15) is 0 Å². The summed E-state index contributed by atoms with van der Waals surface area (Å²) in [4.78, 5) is 18.7. The Morgan fingerprint density at radius 1 is 1.16 bits per heavy atom. The Balaban J connectivity index is 1.48. The molecule has 2 aromatic carbocycles. The van der Waals surface area contributed by atoms with Crippen molar-refractivity contribution in [3.05, 3.63) is 71.9 Å². The molecule has 0 radical (unpaired) electrons. The van der Waals surface area contributed by atoms with Gasteiger partial charge in [0.1, 0.15) is 17.8 Å². The molecule has 0 saturated heterocycles.